The lowest BCUT2D eigenvalue weighted by Crippen LogP contribution is -2.48. The van der Waals surface area contributed by atoms with E-state index in [0.717, 1.165) is 44.3 Å². The zero-order chi connectivity index (χ0) is 21.8. The lowest BCUT2D eigenvalue weighted by molar-refractivity contribution is 0.246. The average Bonchev–Trinajstić information content (AvgIpc) is 2.73. The minimum Gasteiger partial charge on any atom is -0.489 e. The van der Waals surface area contributed by atoms with Gasteiger partial charge in [0, 0.05) is 23.0 Å². The molecular formula is C22H26N6O2. The Morgan fingerprint density at radius 3 is 2.57 bits per heavy atom. The second-order valence-corrected chi connectivity index (χ2v) is 7.14. The minimum absolute atomic E-state index is 0.244. The summed E-state index contributed by atoms with van der Waals surface area (Å²) in [6, 6.07) is 10.8. The van der Waals surface area contributed by atoms with Gasteiger partial charge in [0.15, 0.2) is 5.82 Å². The van der Waals surface area contributed by atoms with E-state index in [1.165, 1.54) is 0 Å². The van der Waals surface area contributed by atoms with Crippen molar-refractivity contribution < 1.29 is 9.53 Å². The Morgan fingerprint density at radius 1 is 1.10 bits per heavy atom. The zero-order valence-corrected chi connectivity index (χ0v) is 17.6. The van der Waals surface area contributed by atoms with E-state index in [4.69, 9.17) is 16.4 Å². The molecule has 0 aliphatic carbocycles. The highest BCUT2D eigenvalue weighted by Gasteiger charge is 2.17. The van der Waals surface area contributed by atoms with Crippen LogP contribution in [0.3, 0.4) is 0 Å². The molecule has 0 bridgehead atoms. The topological polar surface area (TPSA) is 119 Å². The minimum atomic E-state index is -0.614. The SMILES string of the molecule is Cc1ccnc(-c2cc(C)c(OCc3c(C)cccc3N(N)C(=O)NN)cc2C)n1. The number of hydrogen-bond acceptors (Lipinski definition) is 6. The van der Waals surface area contributed by atoms with E-state index < -0.39 is 6.03 Å². The molecule has 0 atom stereocenters. The molecule has 5 N–H and O–H groups in total. The van der Waals surface area contributed by atoms with Crippen LogP contribution in [-0.2, 0) is 6.61 Å². The Bertz CT molecular complexity index is 1080. The summed E-state index contributed by atoms with van der Waals surface area (Å²) in [7, 11) is 0. The van der Waals surface area contributed by atoms with Crippen molar-refractivity contribution in [2.24, 2.45) is 11.7 Å². The first-order valence-electron chi connectivity index (χ1n) is 9.49. The summed E-state index contributed by atoms with van der Waals surface area (Å²) in [5.74, 6) is 12.5. The standard InChI is InChI=1S/C22H26N6O2/c1-13-6-5-7-19(28(24)22(29)27-23)18(13)12-30-20-11-14(2)17(10-15(20)3)21-25-9-8-16(4)26-21/h5-11H,12,23-24H2,1-4H3,(H,27,29). The fraction of sp³-hybridized carbons (Fsp3) is 0.227. The Morgan fingerprint density at radius 2 is 1.87 bits per heavy atom. The molecule has 8 nitrogen and oxygen atoms in total. The summed E-state index contributed by atoms with van der Waals surface area (Å²) < 4.78 is 6.12. The number of anilines is 1. The number of urea groups is 1. The van der Waals surface area contributed by atoms with E-state index in [-0.39, 0.29) is 6.61 Å². The molecule has 30 heavy (non-hydrogen) atoms. The first-order chi connectivity index (χ1) is 14.3. The molecule has 0 spiro atoms. The number of carbonyl (C=O) groups is 1. The Labute approximate surface area is 175 Å². The highest BCUT2D eigenvalue weighted by molar-refractivity contribution is 5.91. The number of aryl methyl sites for hydroxylation is 4. The number of aromatic nitrogens is 2. The third-order valence-corrected chi connectivity index (χ3v) is 4.92. The number of ether oxygens (including phenoxy) is 1. The molecule has 0 aliphatic heterocycles. The normalized spacial score (nSPS) is 10.6. The lowest BCUT2D eigenvalue weighted by atomic mass is 10.0. The number of carbonyl (C=O) groups excluding carboxylic acids is 1. The molecular weight excluding hydrogens is 380 g/mol. The number of rotatable bonds is 5. The second kappa shape index (κ2) is 8.89. The molecule has 0 saturated carbocycles. The molecule has 1 heterocycles. The van der Waals surface area contributed by atoms with Gasteiger partial charge in [-0.2, -0.15) is 0 Å². The van der Waals surface area contributed by atoms with Crippen molar-refractivity contribution in [3.8, 4) is 17.1 Å². The smallest absolute Gasteiger partial charge is 0.350 e. The number of benzene rings is 2. The summed E-state index contributed by atoms with van der Waals surface area (Å²) in [4.78, 5) is 20.8. The van der Waals surface area contributed by atoms with Crippen molar-refractivity contribution in [2.75, 3.05) is 5.01 Å². The monoisotopic (exact) mass is 406 g/mol. The van der Waals surface area contributed by atoms with Crippen LogP contribution in [-0.4, -0.2) is 16.0 Å². The number of hydrazine groups is 2. The van der Waals surface area contributed by atoms with Crippen molar-refractivity contribution in [3.63, 3.8) is 0 Å². The van der Waals surface area contributed by atoms with Gasteiger partial charge in [0.1, 0.15) is 12.4 Å². The fourth-order valence-electron chi connectivity index (χ4n) is 3.19. The molecule has 0 unspecified atom stereocenters. The van der Waals surface area contributed by atoms with Gasteiger partial charge in [-0.15, -0.1) is 0 Å². The van der Waals surface area contributed by atoms with Crippen molar-refractivity contribution in [2.45, 2.75) is 34.3 Å². The molecule has 1 aromatic heterocycles. The van der Waals surface area contributed by atoms with Crippen LogP contribution in [0.4, 0.5) is 10.5 Å². The van der Waals surface area contributed by atoms with E-state index in [1.807, 2.05) is 63.5 Å². The molecule has 2 aromatic carbocycles. The largest absolute Gasteiger partial charge is 0.489 e. The molecule has 0 aliphatic rings. The predicted octanol–water partition coefficient (Wildman–Crippen LogP) is 3.22. The van der Waals surface area contributed by atoms with Gasteiger partial charge < -0.3 is 4.74 Å². The average molecular weight is 406 g/mol. The summed E-state index contributed by atoms with van der Waals surface area (Å²) in [6.45, 7) is 8.10. The fourth-order valence-corrected chi connectivity index (χ4v) is 3.19. The summed E-state index contributed by atoms with van der Waals surface area (Å²) in [5, 5.41) is 0.974. The molecule has 3 aromatic rings. The highest BCUT2D eigenvalue weighted by atomic mass is 16.5. The molecule has 8 heteroatoms. The van der Waals surface area contributed by atoms with Crippen LogP contribution in [0.1, 0.15) is 27.9 Å². The Hall–Kier alpha value is -3.49. The van der Waals surface area contributed by atoms with Gasteiger partial charge in [-0.05, 0) is 68.7 Å². The number of hydrogen-bond donors (Lipinski definition) is 3. The van der Waals surface area contributed by atoms with Crippen LogP contribution in [0.5, 0.6) is 5.75 Å². The van der Waals surface area contributed by atoms with Gasteiger partial charge >= 0.3 is 6.03 Å². The van der Waals surface area contributed by atoms with Crippen LogP contribution < -0.4 is 26.9 Å². The molecule has 2 amide bonds. The van der Waals surface area contributed by atoms with Gasteiger partial charge in [-0.25, -0.2) is 31.5 Å². The van der Waals surface area contributed by atoms with Gasteiger partial charge in [0.2, 0.25) is 0 Å². The van der Waals surface area contributed by atoms with Gasteiger partial charge in [-0.3, -0.25) is 5.43 Å². The van der Waals surface area contributed by atoms with Crippen molar-refractivity contribution in [1.29, 1.82) is 0 Å². The van der Waals surface area contributed by atoms with Crippen LogP contribution in [0, 0.1) is 27.7 Å². The molecule has 0 radical (unpaired) electrons. The number of amides is 2. The predicted molar refractivity (Wildman–Crippen MR) is 117 cm³/mol. The maximum atomic E-state index is 11.9. The summed E-state index contributed by atoms with van der Waals surface area (Å²) in [5.41, 5.74) is 8.16. The number of nitrogens with one attached hydrogen (secondary N) is 1. The third kappa shape index (κ3) is 4.40. The molecule has 0 saturated heterocycles. The zero-order valence-electron chi connectivity index (χ0n) is 17.6. The molecule has 156 valence electrons. The van der Waals surface area contributed by atoms with Gasteiger partial charge in [-0.1, -0.05) is 12.1 Å². The van der Waals surface area contributed by atoms with E-state index in [2.05, 4.69) is 9.97 Å². The highest BCUT2D eigenvalue weighted by Crippen LogP contribution is 2.30. The summed E-state index contributed by atoms with van der Waals surface area (Å²) >= 11 is 0. The van der Waals surface area contributed by atoms with Crippen LogP contribution in [0.2, 0.25) is 0 Å². The van der Waals surface area contributed by atoms with Crippen molar-refractivity contribution >= 4 is 11.7 Å². The Balaban J connectivity index is 1.88. The molecule has 0 fully saturated rings. The first-order valence-corrected chi connectivity index (χ1v) is 9.49. The van der Waals surface area contributed by atoms with Crippen molar-refractivity contribution in [1.82, 2.24) is 15.4 Å². The number of nitrogens with zero attached hydrogens (tertiary/aromatic N) is 3. The van der Waals surface area contributed by atoms with Crippen LogP contribution in [0.15, 0.2) is 42.6 Å². The maximum absolute atomic E-state index is 11.9. The van der Waals surface area contributed by atoms with E-state index in [0.29, 0.717) is 11.5 Å². The van der Waals surface area contributed by atoms with Gasteiger partial charge in [0.25, 0.3) is 0 Å². The van der Waals surface area contributed by atoms with E-state index in [1.54, 1.807) is 12.3 Å². The van der Waals surface area contributed by atoms with Crippen LogP contribution >= 0.6 is 0 Å². The van der Waals surface area contributed by atoms with Crippen LogP contribution in [0.25, 0.3) is 11.4 Å². The van der Waals surface area contributed by atoms with Gasteiger partial charge in [0.05, 0.1) is 5.69 Å². The second-order valence-electron chi connectivity index (χ2n) is 7.14. The quantitative estimate of drug-likeness (QED) is 0.340. The first kappa shape index (κ1) is 21.2. The summed E-state index contributed by atoms with van der Waals surface area (Å²) in [6.07, 6.45) is 1.76. The van der Waals surface area contributed by atoms with E-state index >= 15 is 0 Å². The third-order valence-electron chi connectivity index (χ3n) is 4.92. The molecule has 3 rings (SSSR count). The Kier molecular flexibility index (Phi) is 6.29. The van der Waals surface area contributed by atoms with Crippen molar-refractivity contribution in [3.05, 3.63) is 70.5 Å². The van der Waals surface area contributed by atoms with E-state index in [9.17, 15) is 4.79 Å². The number of nitrogens with two attached hydrogens (primary N) is 2. The lowest BCUT2D eigenvalue weighted by Gasteiger charge is -2.21. The maximum Gasteiger partial charge on any atom is 0.350 e.